The first kappa shape index (κ1) is 15.0. The zero-order valence-corrected chi connectivity index (χ0v) is 11.6. The molecule has 1 saturated heterocycles. The van der Waals surface area contributed by atoms with Gasteiger partial charge < -0.3 is 15.2 Å². The highest BCUT2D eigenvalue weighted by molar-refractivity contribution is 5.86. The van der Waals surface area contributed by atoms with E-state index in [1.54, 1.807) is 0 Å². The third-order valence-corrected chi connectivity index (χ3v) is 3.38. The van der Waals surface area contributed by atoms with Crippen molar-refractivity contribution < 1.29 is 9.32 Å². The second-order valence-electron chi connectivity index (χ2n) is 4.58. The van der Waals surface area contributed by atoms with E-state index >= 15 is 0 Å². The molecule has 0 aromatic carbocycles. The molecule has 2 N–H and O–H groups in total. The first-order chi connectivity index (χ1) is 8.16. The van der Waals surface area contributed by atoms with Crippen molar-refractivity contribution in [2.75, 3.05) is 6.54 Å². The first-order valence-corrected chi connectivity index (χ1v) is 6.12. The number of carbonyl (C=O) groups is 1. The molecule has 1 aromatic rings. The van der Waals surface area contributed by atoms with Gasteiger partial charge >= 0.3 is 0 Å². The summed E-state index contributed by atoms with van der Waals surface area (Å²) in [6.07, 6.45) is 2.78. The lowest BCUT2D eigenvalue weighted by Gasteiger charge is -2.26. The van der Waals surface area contributed by atoms with E-state index in [9.17, 15) is 4.79 Å². The van der Waals surface area contributed by atoms with Crippen LogP contribution in [0.5, 0.6) is 0 Å². The third kappa shape index (κ3) is 3.03. The fourth-order valence-electron chi connectivity index (χ4n) is 2.30. The van der Waals surface area contributed by atoms with Crippen molar-refractivity contribution in [1.29, 1.82) is 0 Å². The maximum absolute atomic E-state index is 12.1. The standard InChI is InChI=1S/C12H19N3O2.ClH/c1-3-12(5-4-6-14-12)11(16)13-8-10-7-9(2)15-17-10;/h7,14H,3-6,8H2,1-2H3,(H,13,16);1H. The van der Waals surface area contributed by atoms with Gasteiger partial charge in [0.05, 0.1) is 17.8 Å². The molecule has 1 fully saturated rings. The number of aromatic nitrogens is 1. The van der Waals surface area contributed by atoms with Gasteiger partial charge in [-0.15, -0.1) is 12.4 Å². The summed E-state index contributed by atoms with van der Waals surface area (Å²) in [5.74, 6) is 0.756. The number of halogens is 1. The van der Waals surface area contributed by atoms with E-state index in [-0.39, 0.29) is 23.9 Å². The molecule has 0 radical (unpaired) electrons. The van der Waals surface area contributed by atoms with Crippen LogP contribution in [0.3, 0.4) is 0 Å². The Labute approximate surface area is 113 Å². The Balaban J connectivity index is 0.00000162. The van der Waals surface area contributed by atoms with E-state index in [1.807, 2.05) is 19.9 Å². The Kier molecular flexibility index (Phi) is 5.16. The SMILES string of the molecule is CCC1(C(=O)NCc2cc(C)no2)CCCN1.Cl. The highest BCUT2D eigenvalue weighted by Crippen LogP contribution is 2.23. The summed E-state index contributed by atoms with van der Waals surface area (Å²) in [4.78, 5) is 12.1. The number of amides is 1. The Hall–Kier alpha value is -1.07. The van der Waals surface area contributed by atoms with Gasteiger partial charge in [-0.3, -0.25) is 4.79 Å². The van der Waals surface area contributed by atoms with Gasteiger partial charge in [-0.25, -0.2) is 0 Å². The van der Waals surface area contributed by atoms with Gasteiger partial charge in [-0.05, 0) is 32.7 Å². The van der Waals surface area contributed by atoms with Gasteiger partial charge in [0.25, 0.3) is 0 Å². The summed E-state index contributed by atoms with van der Waals surface area (Å²) in [6.45, 7) is 5.23. The number of carbonyl (C=O) groups excluding carboxylic acids is 1. The molecule has 1 aliphatic rings. The van der Waals surface area contributed by atoms with Crippen LogP contribution in [0.15, 0.2) is 10.6 Å². The van der Waals surface area contributed by atoms with Crippen molar-refractivity contribution in [3.05, 3.63) is 17.5 Å². The summed E-state index contributed by atoms with van der Waals surface area (Å²) in [7, 11) is 0. The second kappa shape index (κ2) is 6.20. The fourth-order valence-corrected chi connectivity index (χ4v) is 2.30. The zero-order valence-electron chi connectivity index (χ0n) is 10.8. The van der Waals surface area contributed by atoms with Gasteiger partial charge in [-0.1, -0.05) is 12.1 Å². The van der Waals surface area contributed by atoms with Crippen molar-refractivity contribution in [2.45, 2.75) is 45.2 Å². The van der Waals surface area contributed by atoms with Crippen LogP contribution in [0, 0.1) is 6.92 Å². The summed E-state index contributed by atoms with van der Waals surface area (Å²) in [5.41, 5.74) is 0.452. The Morgan fingerprint density at radius 1 is 1.67 bits per heavy atom. The van der Waals surface area contributed by atoms with Crippen LogP contribution in [-0.4, -0.2) is 23.1 Å². The van der Waals surface area contributed by atoms with Gasteiger partial charge in [0.15, 0.2) is 5.76 Å². The zero-order chi connectivity index (χ0) is 12.3. The molecule has 0 aliphatic carbocycles. The molecule has 1 unspecified atom stereocenters. The normalized spacial score (nSPS) is 22.6. The van der Waals surface area contributed by atoms with Crippen molar-refractivity contribution in [3.8, 4) is 0 Å². The summed E-state index contributed by atoms with van der Waals surface area (Å²) >= 11 is 0. The lowest BCUT2D eigenvalue weighted by atomic mass is 9.93. The quantitative estimate of drug-likeness (QED) is 0.874. The molecule has 1 amide bonds. The molecular weight excluding hydrogens is 254 g/mol. The number of aryl methyl sites for hydroxylation is 1. The third-order valence-electron chi connectivity index (χ3n) is 3.38. The van der Waals surface area contributed by atoms with E-state index in [0.29, 0.717) is 12.3 Å². The van der Waals surface area contributed by atoms with Crippen LogP contribution in [0.4, 0.5) is 0 Å². The molecule has 1 aliphatic heterocycles. The minimum Gasteiger partial charge on any atom is -0.359 e. The fraction of sp³-hybridized carbons (Fsp3) is 0.667. The summed E-state index contributed by atoms with van der Waals surface area (Å²) < 4.78 is 5.06. The molecular formula is C12H20ClN3O2. The molecule has 102 valence electrons. The minimum atomic E-state index is -0.380. The van der Waals surface area contributed by atoms with Crippen molar-refractivity contribution in [1.82, 2.24) is 15.8 Å². The molecule has 0 spiro atoms. The van der Waals surface area contributed by atoms with Crippen LogP contribution in [-0.2, 0) is 11.3 Å². The van der Waals surface area contributed by atoms with E-state index in [0.717, 1.165) is 31.5 Å². The van der Waals surface area contributed by atoms with E-state index in [4.69, 9.17) is 4.52 Å². The molecule has 6 heteroatoms. The molecule has 0 saturated carbocycles. The lowest BCUT2D eigenvalue weighted by Crippen LogP contribution is -2.52. The van der Waals surface area contributed by atoms with Crippen LogP contribution in [0.2, 0.25) is 0 Å². The van der Waals surface area contributed by atoms with E-state index in [2.05, 4.69) is 15.8 Å². The Morgan fingerprint density at radius 3 is 2.94 bits per heavy atom. The molecule has 2 heterocycles. The minimum absolute atomic E-state index is 0. The average molecular weight is 274 g/mol. The molecule has 5 nitrogen and oxygen atoms in total. The smallest absolute Gasteiger partial charge is 0.240 e. The van der Waals surface area contributed by atoms with Gasteiger partial charge in [0.1, 0.15) is 0 Å². The monoisotopic (exact) mass is 273 g/mol. The Morgan fingerprint density at radius 2 is 2.44 bits per heavy atom. The average Bonchev–Trinajstić information content (AvgIpc) is 2.95. The summed E-state index contributed by atoms with van der Waals surface area (Å²) in [6, 6.07) is 1.83. The van der Waals surface area contributed by atoms with Gasteiger partial charge in [-0.2, -0.15) is 0 Å². The van der Waals surface area contributed by atoms with Crippen LogP contribution in [0.1, 0.15) is 37.6 Å². The van der Waals surface area contributed by atoms with Crippen LogP contribution in [0.25, 0.3) is 0 Å². The summed E-state index contributed by atoms with van der Waals surface area (Å²) in [5, 5.41) is 10.0. The molecule has 1 aromatic heterocycles. The predicted octanol–water partition coefficient (Wildman–Crippen LogP) is 1.55. The van der Waals surface area contributed by atoms with Crippen molar-refractivity contribution in [3.63, 3.8) is 0 Å². The number of hydrogen-bond acceptors (Lipinski definition) is 4. The van der Waals surface area contributed by atoms with E-state index < -0.39 is 0 Å². The number of nitrogens with zero attached hydrogens (tertiary/aromatic N) is 1. The first-order valence-electron chi connectivity index (χ1n) is 6.12. The van der Waals surface area contributed by atoms with Gasteiger partial charge in [0.2, 0.25) is 5.91 Å². The predicted molar refractivity (Wildman–Crippen MR) is 70.6 cm³/mol. The molecule has 1 atom stereocenters. The number of nitrogens with one attached hydrogen (secondary N) is 2. The molecule has 2 rings (SSSR count). The number of rotatable bonds is 4. The van der Waals surface area contributed by atoms with Crippen LogP contribution >= 0.6 is 12.4 Å². The maximum Gasteiger partial charge on any atom is 0.240 e. The molecule has 18 heavy (non-hydrogen) atoms. The number of hydrogen-bond donors (Lipinski definition) is 2. The molecule has 0 bridgehead atoms. The van der Waals surface area contributed by atoms with Crippen molar-refractivity contribution >= 4 is 18.3 Å². The topological polar surface area (TPSA) is 67.2 Å². The van der Waals surface area contributed by atoms with Gasteiger partial charge in [0, 0.05) is 6.07 Å². The Bertz CT molecular complexity index is 400. The van der Waals surface area contributed by atoms with Crippen LogP contribution < -0.4 is 10.6 Å². The highest BCUT2D eigenvalue weighted by Gasteiger charge is 2.38. The lowest BCUT2D eigenvalue weighted by molar-refractivity contribution is -0.127. The van der Waals surface area contributed by atoms with Crippen molar-refractivity contribution in [2.24, 2.45) is 0 Å². The highest BCUT2D eigenvalue weighted by atomic mass is 35.5. The van der Waals surface area contributed by atoms with E-state index in [1.165, 1.54) is 0 Å². The largest absolute Gasteiger partial charge is 0.359 e. The maximum atomic E-state index is 12.1. The second-order valence-corrected chi connectivity index (χ2v) is 4.58.